The first-order chi connectivity index (χ1) is 11.4. The third-order valence-corrected chi connectivity index (χ3v) is 3.10. The summed E-state index contributed by atoms with van der Waals surface area (Å²) in [5.41, 5.74) is 0.185. The van der Waals surface area contributed by atoms with Gasteiger partial charge in [0.25, 0.3) is 0 Å². The molecule has 0 saturated carbocycles. The maximum Gasteiger partial charge on any atom is 0.248 e. The van der Waals surface area contributed by atoms with Crippen LogP contribution in [0.1, 0.15) is 5.56 Å². The number of benzene rings is 2. The lowest BCUT2D eigenvalue weighted by Crippen LogP contribution is -2.10. The predicted molar refractivity (Wildman–Crippen MR) is 83.5 cm³/mol. The number of hydrogen-bond acceptors (Lipinski definition) is 3. The van der Waals surface area contributed by atoms with E-state index in [1.54, 1.807) is 18.2 Å². The first-order valence-electron chi connectivity index (χ1n) is 6.80. The van der Waals surface area contributed by atoms with Crippen LogP contribution in [0.25, 0.3) is 6.08 Å². The molecule has 0 spiro atoms. The second-order valence-electron chi connectivity index (χ2n) is 4.68. The van der Waals surface area contributed by atoms with Crippen LogP contribution in [0.2, 0.25) is 0 Å². The molecule has 0 fully saturated rings. The van der Waals surface area contributed by atoms with Crippen LogP contribution in [0.5, 0.6) is 11.5 Å². The molecule has 2 rings (SSSR count). The molecule has 1 N–H and O–H groups in total. The molecular formula is C17H14F3NO3. The summed E-state index contributed by atoms with van der Waals surface area (Å²) >= 11 is 0. The van der Waals surface area contributed by atoms with Gasteiger partial charge in [-0.25, -0.2) is 13.2 Å². The summed E-state index contributed by atoms with van der Waals surface area (Å²) in [6.45, 7) is 0. The highest BCUT2D eigenvalue weighted by molar-refractivity contribution is 6.02. The molecule has 2 aromatic rings. The second-order valence-corrected chi connectivity index (χ2v) is 4.68. The average molecular weight is 337 g/mol. The molecule has 0 heterocycles. The summed E-state index contributed by atoms with van der Waals surface area (Å²) in [4.78, 5) is 11.8. The Morgan fingerprint density at radius 3 is 2.29 bits per heavy atom. The number of carbonyl (C=O) groups is 1. The normalized spacial score (nSPS) is 10.7. The lowest BCUT2D eigenvalue weighted by Gasteiger charge is -2.07. The highest BCUT2D eigenvalue weighted by Crippen LogP contribution is 2.28. The Hall–Kier alpha value is -2.96. The summed E-state index contributed by atoms with van der Waals surface area (Å²) < 4.78 is 49.6. The molecule has 0 aliphatic rings. The fourth-order valence-corrected chi connectivity index (χ4v) is 1.92. The van der Waals surface area contributed by atoms with E-state index >= 15 is 0 Å². The van der Waals surface area contributed by atoms with Crippen molar-refractivity contribution >= 4 is 17.7 Å². The first-order valence-corrected chi connectivity index (χ1v) is 6.80. The van der Waals surface area contributed by atoms with Crippen LogP contribution in [0.4, 0.5) is 18.9 Å². The van der Waals surface area contributed by atoms with Crippen LogP contribution in [0.3, 0.4) is 0 Å². The molecule has 7 heteroatoms. The Morgan fingerprint density at radius 1 is 0.958 bits per heavy atom. The topological polar surface area (TPSA) is 47.6 Å². The van der Waals surface area contributed by atoms with Gasteiger partial charge in [-0.3, -0.25) is 4.79 Å². The fourth-order valence-electron chi connectivity index (χ4n) is 1.92. The lowest BCUT2D eigenvalue weighted by atomic mass is 10.2. The standard InChI is InChI=1S/C17H14F3NO3/c1-23-15-5-3-10(7-16(15)24-2)4-6-17(22)21-14-9-12(19)11(18)8-13(14)20/h3-9H,1-2H3,(H,21,22)/b6-4+. The molecule has 1 amide bonds. The molecule has 0 aliphatic heterocycles. The van der Waals surface area contributed by atoms with Gasteiger partial charge in [-0.15, -0.1) is 0 Å². The smallest absolute Gasteiger partial charge is 0.248 e. The van der Waals surface area contributed by atoms with E-state index < -0.39 is 29.0 Å². The van der Waals surface area contributed by atoms with Gasteiger partial charge in [0, 0.05) is 18.2 Å². The monoisotopic (exact) mass is 337 g/mol. The summed E-state index contributed by atoms with van der Waals surface area (Å²) in [6, 6.07) is 5.92. The highest BCUT2D eigenvalue weighted by atomic mass is 19.2. The molecule has 126 valence electrons. The minimum Gasteiger partial charge on any atom is -0.493 e. The molecule has 0 bridgehead atoms. The van der Waals surface area contributed by atoms with Crippen LogP contribution in [0, 0.1) is 17.5 Å². The summed E-state index contributed by atoms with van der Waals surface area (Å²) in [5, 5.41) is 2.14. The third-order valence-electron chi connectivity index (χ3n) is 3.10. The molecular weight excluding hydrogens is 323 g/mol. The van der Waals surface area contributed by atoms with Crippen molar-refractivity contribution in [2.24, 2.45) is 0 Å². The van der Waals surface area contributed by atoms with Gasteiger partial charge in [-0.2, -0.15) is 0 Å². The van der Waals surface area contributed by atoms with Crippen LogP contribution in [0.15, 0.2) is 36.4 Å². The van der Waals surface area contributed by atoms with Gasteiger partial charge in [-0.05, 0) is 23.8 Å². The maximum absolute atomic E-state index is 13.5. The number of methoxy groups -OCH3 is 2. The molecule has 0 unspecified atom stereocenters. The number of anilines is 1. The molecule has 0 atom stereocenters. The van der Waals surface area contributed by atoms with Crippen molar-refractivity contribution in [3.05, 3.63) is 59.4 Å². The van der Waals surface area contributed by atoms with Crippen molar-refractivity contribution in [3.63, 3.8) is 0 Å². The predicted octanol–water partition coefficient (Wildman–Crippen LogP) is 3.77. The number of ether oxygens (including phenoxy) is 2. The molecule has 0 aliphatic carbocycles. The lowest BCUT2D eigenvalue weighted by molar-refractivity contribution is -0.111. The van der Waals surface area contributed by atoms with E-state index in [9.17, 15) is 18.0 Å². The zero-order valence-corrected chi connectivity index (χ0v) is 12.9. The number of rotatable bonds is 5. The molecule has 0 radical (unpaired) electrons. The summed E-state index contributed by atoms with van der Waals surface area (Å²) in [5.74, 6) is -3.34. The Labute approximate surface area is 136 Å². The number of carbonyl (C=O) groups excluding carboxylic acids is 1. The zero-order valence-electron chi connectivity index (χ0n) is 12.9. The number of amides is 1. The van der Waals surface area contributed by atoms with Gasteiger partial charge in [0.2, 0.25) is 5.91 Å². The Morgan fingerprint density at radius 2 is 1.62 bits per heavy atom. The average Bonchev–Trinajstić information content (AvgIpc) is 2.57. The molecule has 4 nitrogen and oxygen atoms in total. The number of nitrogens with one attached hydrogen (secondary N) is 1. The van der Waals surface area contributed by atoms with Crippen molar-refractivity contribution in [1.82, 2.24) is 0 Å². The van der Waals surface area contributed by atoms with Crippen molar-refractivity contribution in [2.45, 2.75) is 0 Å². The second kappa shape index (κ2) is 7.54. The molecule has 0 saturated heterocycles. The van der Waals surface area contributed by atoms with Gasteiger partial charge < -0.3 is 14.8 Å². The van der Waals surface area contributed by atoms with Gasteiger partial charge in [0.15, 0.2) is 23.1 Å². The van der Waals surface area contributed by atoms with E-state index in [4.69, 9.17) is 9.47 Å². The summed E-state index contributed by atoms with van der Waals surface area (Å²) in [6.07, 6.45) is 2.58. The van der Waals surface area contributed by atoms with Crippen molar-refractivity contribution in [2.75, 3.05) is 19.5 Å². The maximum atomic E-state index is 13.5. The van der Waals surface area contributed by atoms with E-state index in [1.165, 1.54) is 20.3 Å². The van der Waals surface area contributed by atoms with E-state index in [-0.39, 0.29) is 0 Å². The molecule has 2 aromatic carbocycles. The molecule has 0 aromatic heterocycles. The Kier molecular flexibility index (Phi) is 5.47. The van der Waals surface area contributed by atoms with Crippen molar-refractivity contribution < 1.29 is 27.4 Å². The van der Waals surface area contributed by atoms with Crippen LogP contribution >= 0.6 is 0 Å². The zero-order chi connectivity index (χ0) is 17.7. The van der Waals surface area contributed by atoms with E-state index in [1.807, 2.05) is 0 Å². The van der Waals surface area contributed by atoms with Crippen LogP contribution in [-0.4, -0.2) is 20.1 Å². The molecule has 24 heavy (non-hydrogen) atoms. The minimum atomic E-state index is -1.33. The van der Waals surface area contributed by atoms with Crippen LogP contribution in [-0.2, 0) is 4.79 Å². The first kappa shape index (κ1) is 17.4. The third kappa shape index (κ3) is 4.07. The van der Waals surface area contributed by atoms with Gasteiger partial charge in [0.1, 0.15) is 5.82 Å². The SMILES string of the molecule is COc1ccc(/C=C/C(=O)Nc2cc(F)c(F)cc2F)cc1OC. The van der Waals surface area contributed by atoms with E-state index in [2.05, 4.69) is 5.32 Å². The summed E-state index contributed by atoms with van der Waals surface area (Å²) in [7, 11) is 2.97. The number of halogens is 3. The van der Waals surface area contributed by atoms with Gasteiger partial charge in [0.05, 0.1) is 19.9 Å². The van der Waals surface area contributed by atoms with Crippen molar-refractivity contribution in [1.29, 1.82) is 0 Å². The van der Waals surface area contributed by atoms with Gasteiger partial charge >= 0.3 is 0 Å². The number of hydrogen-bond donors (Lipinski definition) is 1. The van der Waals surface area contributed by atoms with Gasteiger partial charge in [-0.1, -0.05) is 6.07 Å². The van der Waals surface area contributed by atoms with E-state index in [0.717, 1.165) is 6.08 Å². The quantitative estimate of drug-likeness (QED) is 0.667. The van der Waals surface area contributed by atoms with Crippen LogP contribution < -0.4 is 14.8 Å². The van der Waals surface area contributed by atoms with Crippen molar-refractivity contribution in [3.8, 4) is 11.5 Å². The fraction of sp³-hybridized carbons (Fsp3) is 0.118. The largest absolute Gasteiger partial charge is 0.493 e. The Balaban J connectivity index is 2.12. The Bertz CT molecular complexity index is 791. The highest BCUT2D eigenvalue weighted by Gasteiger charge is 2.11. The van der Waals surface area contributed by atoms with E-state index in [0.29, 0.717) is 29.2 Å². The minimum absolute atomic E-state index is 0.364.